The number of hydrogen-bond acceptors (Lipinski definition) is 4. The van der Waals surface area contributed by atoms with Crippen molar-refractivity contribution in [3.05, 3.63) is 95.1 Å². The first-order chi connectivity index (χ1) is 14.3. The molecule has 2 aromatic rings. The molecule has 1 amide bonds. The molecule has 30 heavy (non-hydrogen) atoms. The quantitative estimate of drug-likeness (QED) is 0.762. The zero-order valence-electron chi connectivity index (χ0n) is 15.4. The molecule has 3 heterocycles. The number of rotatable bonds is 4. The molecular formula is C21H16ClF3N4O. The summed E-state index contributed by atoms with van der Waals surface area (Å²) in [6, 6.07) is 8.94. The van der Waals surface area contributed by atoms with Crippen molar-refractivity contribution in [1.29, 1.82) is 0 Å². The van der Waals surface area contributed by atoms with E-state index in [1.807, 2.05) is 0 Å². The molecule has 2 aliphatic rings. The van der Waals surface area contributed by atoms with Gasteiger partial charge in [-0.25, -0.2) is 0 Å². The lowest BCUT2D eigenvalue weighted by molar-refractivity contribution is -0.165. The number of amides is 1. The molecule has 0 radical (unpaired) electrons. The molecule has 2 atom stereocenters. The van der Waals surface area contributed by atoms with Gasteiger partial charge in [-0.05, 0) is 36.4 Å². The fourth-order valence-corrected chi connectivity index (χ4v) is 3.52. The van der Waals surface area contributed by atoms with Crippen LogP contribution in [0.1, 0.15) is 17.3 Å². The Morgan fingerprint density at radius 1 is 1.20 bits per heavy atom. The fraction of sp³-hybridized carbons (Fsp3) is 0.143. The smallest absolute Gasteiger partial charge is 0.355 e. The van der Waals surface area contributed by atoms with E-state index < -0.39 is 24.3 Å². The van der Waals surface area contributed by atoms with Crippen molar-refractivity contribution in [2.75, 3.05) is 0 Å². The number of nitrogens with zero attached hydrogens (tertiary/aromatic N) is 2. The van der Waals surface area contributed by atoms with E-state index in [1.54, 1.807) is 53.6 Å². The lowest BCUT2D eigenvalue weighted by Crippen LogP contribution is -2.51. The number of halogens is 4. The van der Waals surface area contributed by atoms with Gasteiger partial charge in [0, 0.05) is 23.0 Å². The molecule has 1 aromatic heterocycles. The zero-order chi connectivity index (χ0) is 21.3. The summed E-state index contributed by atoms with van der Waals surface area (Å²) in [7, 11) is 0. The number of fused-ring (bicyclic) bond motifs is 1. The van der Waals surface area contributed by atoms with Crippen LogP contribution in [0.2, 0.25) is 5.02 Å². The summed E-state index contributed by atoms with van der Waals surface area (Å²) in [5.74, 6) is -0.836. The maximum Gasteiger partial charge on any atom is 0.414 e. The second-order valence-corrected chi connectivity index (χ2v) is 7.10. The minimum Gasteiger partial charge on any atom is -0.355 e. The van der Waals surface area contributed by atoms with Crippen molar-refractivity contribution in [3.63, 3.8) is 0 Å². The molecule has 0 aliphatic carbocycles. The van der Waals surface area contributed by atoms with Crippen molar-refractivity contribution in [2.24, 2.45) is 0 Å². The predicted octanol–water partition coefficient (Wildman–Crippen LogP) is 4.14. The Morgan fingerprint density at radius 2 is 2.03 bits per heavy atom. The van der Waals surface area contributed by atoms with E-state index in [1.165, 1.54) is 24.4 Å². The van der Waals surface area contributed by atoms with Crippen molar-refractivity contribution in [1.82, 2.24) is 20.5 Å². The third-order valence-electron chi connectivity index (χ3n) is 4.66. The van der Waals surface area contributed by atoms with Crippen LogP contribution in [0.4, 0.5) is 13.2 Å². The summed E-state index contributed by atoms with van der Waals surface area (Å²) in [5.41, 5.74) is 1.68. The second kappa shape index (κ2) is 7.87. The van der Waals surface area contributed by atoms with Crippen molar-refractivity contribution >= 4 is 23.2 Å². The van der Waals surface area contributed by atoms with Crippen LogP contribution < -0.4 is 10.6 Å². The first kappa shape index (κ1) is 20.0. The first-order valence-corrected chi connectivity index (χ1v) is 9.40. The average Bonchev–Trinajstić information content (AvgIpc) is 3.11. The highest BCUT2D eigenvalue weighted by atomic mass is 35.5. The Kier molecular flexibility index (Phi) is 5.26. The number of nitrogens with one attached hydrogen (secondary N) is 2. The van der Waals surface area contributed by atoms with Crippen molar-refractivity contribution < 1.29 is 18.0 Å². The third kappa shape index (κ3) is 3.91. The van der Waals surface area contributed by atoms with E-state index in [9.17, 15) is 18.0 Å². The molecule has 5 nitrogen and oxygen atoms in total. The van der Waals surface area contributed by atoms with E-state index in [0.717, 1.165) is 5.56 Å². The monoisotopic (exact) mass is 432 g/mol. The molecule has 0 saturated heterocycles. The summed E-state index contributed by atoms with van der Waals surface area (Å²) in [5, 5.41) is 5.62. The minimum absolute atomic E-state index is 0.284. The SMILES string of the molecule is O=C(NC(c1ccccn1)C(F)(F)F)C1NC(c2cccc(Cl)c2)=C2C=CC=CN21. The number of carbonyl (C=O) groups excluding carboxylic acids is 1. The summed E-state index contributed by atoms with van der Waals surface area (Å²) < 4.78 is 40.9. The topological polar surface area (TPSA) is 57.3 Å². The number of allylic oxidation sites excluding steroid dienone is 3. The van der Waals surface area contributed by atoms with Gasteiger partial charge in [0.1, 0.15) is 0 Å². The third-order valence-corrected chi connectivity index (χ3v) is 4.90. The Morgan fingerprint density at radius 3 is 2.73 bits per heavy atom. The summed E-state index contributed by atoms with van der Waals surface area (Å²) >= 11 is 6.08. The average molecular weight is 433 g/mol. The minimum atomic E-state index is -4.70. The molecule has 4 rings (SSSR count). The standard InChI is InChI=1S/C21H16ClF3N4O/c22-14-7-5-6-13(12-14)17-16-9-2-4-11-29(16)19(27-17)20(30)28-18(21(23,24)25)15-8-1-3-10-26-15/h1-12,18-19,27H,(H,28,30). The van der Waals surface area contributed by atoms with Crippen molar-refractivity contribution in [2.45, 2.75) is 18.4 Å². The van der Waals surface area contributed by atoms with E-state index in [-0.39, 0.29) is 5.69 Å². The van der Waals surface area contributed by atoms with Gasteiger partial charge in [-0.15, -0.1) is 0 Å². The maximum absolute atomic E-state index is 13.6. The molecule has 2 N–H and O–H groups in total. The molecule has 2 unspecified atom stereocenters. The number of carbonyl (C=O) groups is 1. The highest BCUT2D eigenvalue weighted by molar-refractivity contribution is 6.30. The Bertz CT molecular complexity index is 1050. The number of pyridine rings is 1. The van der Waals surface area contributed by atoms with Gasteiger partial charge in [0.2, 0.25) is 0 Å². The van der Waals surface area contributed by atoms with Gasteiger partial charge >= 0.3 is 6.18 Å². The summed E-state index contributed by atoms with van der Waals surface area (Å²) in [6.07, 6.45) is 2.38. The van der Waals surface area contributed by atoms with Crippen LogP contribution in [0.25, 0.3) is 5.70 Å². The van der Waals surface area contributed by atoms with E-state index in [0.29, 0.717) is 16.4 Å². The first-order valence-electron chi connectivity index (χ1n) is 9.02. The highest BCUT2D eigenvalue weighted by Gasteiger charge is 2.45. The number of alkyl halides is 3. The van der Waals surface area contributed by atoms with Gasteiger partial charge in [0.15, 0.2) is 12.2 Å². The summed E-state index contributed by atoms with van der Waals surface area (Å²) in [4.78, 5) is 18.3. The normalized spacial score (nSPS) is 18.8. The molecule has 0 saturated carbocycles. The molecule has 9 heteroatoms. The largest absolute Gasteiger partial charge is 0.414 e. The van der Waals surface area contributed by atoms with Crippen LogP contribution in [0.5, 0.6) is 0 Å². The van der Waals surface area contributed by atoms with Gasteiger partial charge < -0.3 is 15.5 Å². The molecular weight excluding hydrogens is 417 g/mol. The number of benzene rings is 1. The van der Waals surface area contributed by atoms with E-state index in [4.69, 9.17) is 11.6 Å². The zero-order valence-corrected chi connectivity index (χ0v) is 16.2. The van der Waals surface area contributed by atoms with Crippen LogP contribution in [0.3, 0.4) is 0 Å². The van der Waals surface area contributed by atoms with Crippen LogP contribution in [-0.4, -0.2) is 28.1 Å². The van der Waals surface area contributed by atoms with Gasteiger partial charge in [-0.1, -0.05) is 35.9 Å². The Hall–Kier alpha value is -3.26. The predicted molar refractivity (Wildman–Crippen MR) is 107 cm³/mol. The summed E-state index contributed by atoms with van der Waals surface area (Å²) in [6.45, 7) is 0. The number of hydrogen-bond donors (Lipinski definition) is 2. The van der Waals surface area contributed by atoms with Gasteiger partial charge in [-0.2, -0.15) is 13.2 Å². The molecule has 154 valence electrons. The lowest BCUT2D eigenvalue weighted by atomic mass is 10.1. The van der Waals surface area contributed by atoms with Gasteiger partial charge in [0.05, 0.1) is 17.1 Å². The van der Waals surface area contributed by atoms with Crippen LogP contribution in [0, 0.1) is 0 Å². The molecule has 1 aromatic carbocycles. The Balaban J connectivity index is 1.62. The number of aromatic nitrogens is 1. The highest BCUT2D eigenvalue weighted by Crippen LogP contribution is 2.34. The molecule has 2 aliphatic heterocycles. The van der Waals surface area contributed by atoms with Gasteiger partial charge in [-0.3, -0.25) is 9.78 Å². The molecule has 0 spiro atoms. The molecule has 0 bridgehead atoms. The fourth-order valence-electron chi connectivity index (χ4n) is 3.33. The molecule has 0 fully saturated rings. The maximum atomic E-state index is 13.6. The van der Waals surface area contributed by atoms with Crippen molar-refractivity contribution in [3.8, 4) is 0 Å². The van der Waals surface area contributed by atoms with E-state index in [2.05, 4.69) is 15.6 Å². The Labute approximate surface area is 175 Å². The lowest BCUT2D eigenvalue weighted by Gasteiger charge is -2.28. The van der Waals surface area contributed by atoms with Crippen LogP contribution >= 0.6 is 11.6 Å². The second-order valence-electron chi connectivity index (χ2n) is 6.66. The van der Waals surface area contributed by atoms with Crippen LogP contribution in [0.15, 0.2) is 78.8 Å². The van der Waals surface area contributed by atoms with Gasteiger partial charge in [0.25, 0.3) is 5.91 Å². The van der Waals surface area contributed by atoms with E-state index >= 15 is 0 Å². The van der Waals surface area contributed by atoms with Crippen LogP contribution in [-0.2, 0) is 4.79 Å².